The number of nitrogens with zero attached hydrogens (tertiary/aromatic N) is 5. The van der Waals surface area contributed by atoms with Gasteiger partial charge < -0.3 is 9.80 Å². The van der Waals surface area contributed by atoms with Crippen molar-refractivity contribution in [1.29, 1.82) is 0 Å². The van der Waals surface area contributed by atoms with Gasteiger partial charge in [-0.3, -0.25) is 14.3 Å². The summed E-state index contributed by atoms with van der Waals surface area (Å²) in [7, 11) is 0. The van der Waals surface area contributed by atoms with Crippen LogP contribution < -0.4 is 0 Å². The van der Waals surface area contributed by atoms with E-state index in [0.717, 1.165) is 58.4 Å². The van der Waals surface area contributed by atoms with Crippen LogP contribution in [0.2, 0.25) is 0 Å². The first kappa shape index (κ1) is 16.9. The van der Waals surface area contributed by atoms with E-state index in [1.165, 1.54) is 6.33 Å². The van der Waals surface area contributed by atoms with Crippen LogP contribution in [0.5, 0.6) is 0 Å². The van der Waals surface area contributed by atoms with E-state index in [-0.39, 0.29) is 17.2 Å². The molecule has 0 bridgehead atoms. The monoisotopic (exact) mass is 333 g/mol. The summed E-state index contributed by atoms with van der Waals surface area (Å²) in [5.41, 5.74) is 0.115. The number of carbonyl (C=O) groups is 2. The van der Waals surface area contributed by atoms with Crippen molar-refractivity contribution in [2.75, 3.05) is 26.2 Å². The molecule has 2 aliphatic rings. The normalized spacial score (nSPS) is 24.6. The first-order valence-corrected chi connectivity index (χ1v) is 9.00. The largest absolute Gasteiger partial charge is 0.342 e. The quantitative estimate of drug-likeness (QED) is 0.814. The summed E-state index contributed by atoms with van der Waals surface area (Å²) in [6, 6.07) is 0. The van der Waals surface area contributed by atoms with Crippen molar-refractivity contribution >= 4 is 11.8 Å². The Kier molecular flexibility index (Phi) is 5.16. The molecular formula is C17H27N5O2. The second-order valence-electron chi connectivity index (χ2n) is 7.09. The first-order valence-electron chi connectivity index (χ1n) is 9.00. The van der Waals surface area contributed by atoms with Gasteiger partial charge in [0.05, 0.1) is 0 Å². The zero-order valence-corrected chi connectivity index (χ0v) is 14.5. The summed E-state index contributed by atoms with van der Waals surface area (Å²) in [5, 5.41) is 4.06. The minimum atomic E-state index is 0.115. The lowest BCUT2D eigenvalue weighted by atomic mass is 9.73. The van der Waals surface area contributed by atoms with E-state index in [9.17, 15) is 9.59 Å². The Morgan fingerprint density at radius 3 is 2.96 bits per heavy atom. The van der Waals surface area contributed by atoms with Gasteiger partial charge in [0.1, 0.15) is 12.7 Å². The average Bonchev–Trinajstić information content (AvgIpc) is 3.11. The summed E-state index contributed by atoms with van der Waals surface area (Å²) < 4.78 is 1.76. The number of rotatable bonds is 5. The Hall–Kier alpha value is -1.92. The second-order valence-corrected chi connectivity index (χ2v) is 7.09. The highest BCUT2D eigenvalue weighted by Gasteiger charge is 2.42. The molecule has 2 aliphatic heterocycles. The molecule has 3 heterocycles. The molecule has 0 unspecified atom stereocenters. The van der Waals surface area contributed by atoms with Gasteiger partial charge in [0.15, 0.2) is 0 Å². The third-order valence-electron chi connectivity index (χ3n) is 5.39. The van der Waals surface area contributed by atoms with E-state index in [0.29, 0.717) is 12.8 Å². The molecule has 0 radical (unpaired) electrons. The van der Waals surface area contributed by atoms with Crippen molar-refractivity contribution < 1.29 is 9.59 Å². The van der Waals surface area contributed by atoms with Crippen LogP contribution in [0.1, 0.15) is 45.4 Å². The van der Waals surface area contributed by atoms with Crippen molar-refractivity contribution in [3.8, 4) is 0 Å². The smallest absolute Gasteiger partial charge is 0.222 e. The van der Waals surface area contributed by atoms with Crippen LogP contribution in [0.3, 0.4) is 0 Å². The molecule has 3 rings (SSSR count). The number of carbonyl (C=O) groups excluding carboxylic acids is 2. The Balaban J connectivity index is 1.52. The van der Waals surface area contributed by atoms with E-state index in [4.69, 9.17) is 0 Å². The number of likely N-dealkylation sites (tertiary alicyclic amines) is 2. The number of hydrogen-bond donors (Lipinski definition) is 0. The molecule has 132 valence electrons. The van der Waals surface area contributed by atoms with Crippen LogP contribution in [0.4, 0.5) is 0 Å². The number of amides is 2. The molecule has 2 amide bonds. The Labute approximate surface area is 143 Å². The molecule has 1 aromatic rings. The SMILES string of the molecule is CCN1C[C@]2(CCCN(C(=O)CCCn3cncn3)C2)CCC1=O. The molecule has 0 saturated carbocycles. The third kappa shape index (κ3) is 3.76. The van der Waals surface area contributed by atoms with Gasteiger partial charge in [-0.2, -0.15) is 5.10 Å². The van der Waals surface area contributed by atoms with Crippen LogP contribution in [-0.2, 0) is 16.1 Å². The van der Waals surface area contributed by atoms with Crippen molar-refractivity contribution in [2.45, 2.75) is 52.0 Å². The molecule has 1 atom stereocenters. The van der Waals surface area contributed by atoms with Gasteiger partial charge in [-0.05, 0) is 32.6 Å². The zero-order valence-electron chi connectivity index (χ0n) is 14.5. The molecular weight excluding hydrogens is 306 g/mol. The molecule has 2 saturated heterocycles. The predicted octanol–water partition coefficient (Wildman–Crippen LogP) is 1.31. The third-order valence-corrected chi connectivity index (χ3v) is 5.39. The van der Waals surface area contributed by atoms with Gasteiger partial charge in [0.25, 0.3) is 0 Å². The topological polar surface area (TPSA) is 71.3 Å². The molecule has 1 spiro atoms. The van der Waals surface area contributed by atoms with Gasteiger partial charge in [0.2, 0.25) is 11.8 Å². The molecule has 7 heteroatoms. The van der Waals surface area contributed by atoms with E-state index < -0.39 is 0 Å². The molecule has 2 fully saturated rings. The van der Waals surface area contributed by atoms with Crippen LogP contribution in [0.15, 0.2) is 12.7 Å². The highest BCUT2D eigenvalue weighted by Crippen LogP contribution is 2.38. The summed E-state index contributed by atoms with van der Waals surface area (Å²) in [6.07, 6.45) is 8.24. The predicted molar refractivity (Wildman–Crippen MR) is 89.0 cm³/mol. The highest BCUT2D eigenvalue weighted by atomic mass is 16.2. The van der Waals surface area contributed by atoms with Gasteiger partial charge in [0, 0.05) is 51.0 Å². The maximum atomic E-state index is 12.6. The lowest BCUT2D eigenvalue weighted by Crippen LogP contribution is -2.55. The summed E-state index contributed by atoms with van der Waals surface area (Å²) in [4.78, 5) is 32.4. The molecule has 24 heavy (non-hydrogen) atoms. The zero-order chi connectivity index (χ0) is 17.0. The van der Waals surface area contributed by atoms with Gasteiger partial charge in [-0.1, -0.05) is 0 Å². The van der Waals surface area contributed by atoms with Gasteiger partial charge >= 0.3 is 0 Å². The lowest BCUT2D eigenvalue weighted by molar-refractivity contribution is -0.142. The van der Waals surface area contributed by atoms with Crippen LogP contribution in [0.25, 0.3) is 0 Å². The fourth-order valence-electron chi connectivity index (χ4n) is 4.04. The number of aryl methyl sites for hydroxylation is 1. The van der Waals surface area contributed by atoms with Crippen molar-refractivity contribution in [3.05, 3.63) is 12.7 Å². The van der Waals surface area contributed by atoms with Crippen molar-refractivity contribution in [3.63, 3.8) is 0 Å². The molecule has 0 N–H and O–H groups in total. The van der Waals surface area contributed by atoms with E-state index >= 15 is 0 Å². The van der Waals surface area contributed by atoms with Gasteiger partial charge in [-0.25, -0.2) is 4.98 Å². The minimum Gasteiger partial charge on any atom is -0.342 e. The number of piperidine rings is 2. The molecule has 1 aromatic heterocycles. The molecule has 7 nitrogen and oxygen atoms in total. The average molecular weight is 333 g/mol. The van der Waals surface area contributed by atoms with Crippen LogP contribution in [-0.4, -0.2) is 62.6 Å². The van der Waals surface area contributed by atoms with Crippen molar-refractivity contribution in [1.82, 2.24) is 24.6 Å². The lowest BCUT2D eigenvalue weighted by Gasteiger charge is -2.48. The van der Waals surface area contributed by atoms with Crippen LogP contribution >= 0.6 is 0 Å². The van der Waals surface area contributed by atoms with Crippen LogP contribution in [0, 0.1) is 5.41 Å². The second kappa shape index (κ2) is 7.32. The summed E-state index contributed by atoms with van der Waals surface area (Å²) in [6.45, 7) is 6.00. The Morgan fingerprint density at radius 1 is 1.33 bits per heavy atom. The Bertz CT molecular complexity index is 574. The van der Waals surface area contributed by atoms with E-state index in [2.05, 4.69) is 10.1 Å². The van der Waals surface area contributed by atoms with Crippen molar-refractivity contribution in [2.24, 2.45) is 5.41 Å². The summed E-state index contributed by atoms with van der Waals surface area (Å²) >= 11 is 0. The highest BCUT2D eigenvalue weighted by molar-refractivity contribution is 5.78. The van der Waals surface area contributed by atoms with E-state index in [1.807, 2.05) is 16.7 Å². The molecule has 0 aliphatic carbocycles. The maximum Gasteiger partial charge on any atom is 0.222 e. The minimum absolute atomic E-state index is 0.115. The standard InChI is InChI=1S/C17H27N5O2/c1-2-20-11-17(8-6-16(20)24)7-4-9-21(12-17)15(23)5-3-10-22-14-18-13-19-22/h13-14H,2-12H2,1H3/t17-/m0/s1. The Morgan fingerprint density at radius 2 is 2.21 bits per heavy atom. The number of hydrogen-bond acceptors (Lipinski definition) is 4. The van der Waals surface area contributed by atoms with E-state index in [1.54, 1.807) is 11.0 Å². The van der Waals surface area contributed by atoms with Gasteiger partial charge in [-0.15, -0.1) is 0 Å². The fraction of sp³-hybridized carbons (Fsp3) is 0.765. The molecule has 0 aromatic carbocycles. The fourth-order valence-corrected chi connectivity index (χ4v) is 4.04. The number of aromatic nitrogens is 3. The first-order chi connectivity index (χ1) is 11.6. The maximum absolute atomic E-state index is 12.6. The summed E-state index contributed by atoms with van der Waals surface area (Å²) in [5.74, 6) is 0.494.